The highest BCUT2D eigenvalue weighted by Crippen LogP contribution is 2.37. The Morgan fingerprint density at radius 3 is 2.47 bits per heavy atom. The van der Waals surface area contributed by atoms with Gasteiger partial charge in [0.15, 0.2) is 16.9 Å². The molecule has 1 atom stereocenters. The van der Waals surface area contributed by atoms with Gasteiger partial charge in [-0.1, -0.05) is 24.3 Å². The molecule has 2 aromatic carbocycles. The van der Waals surface area contributed by atoms with Crippen molar-refractivity contribution in [2.75, 3.05) is 38.0 Å². The van der Waals surface area contributed by atoms with Crippen LogP contribution in [-0.4, -0.2) is 84.5 Å². The smallest absolute Gasteiger partial charge is 0.280 e. The summed E-state index contributed by atoms with van der Waals surface area (Å²) in [5.74, 6) is 0.939. The fourth-order valence-corrected chi connectivity index (χ4v) is 7.24. The largest absolute Gasteiger partial charge is 0.434 e. The molecule has 12 heteroatoms. The number of likely N-dealkylation sites (tertiary alicyclic amines) is 2. The van der Waals surface area contributed by atoms with Gasteiger partial charge in [0.1, 0.15) is 17.1 Å². The molecule has 0 amide bonds. The molecule has 0 radical (unpaired) electrons. The predicted octanol–water partition coefficient (Wildman–Crippen LogP) is 4.74. The van der Waals surface area contributed by atoms with Gasteiger partial charge in [-0.3, -0.25) is 19.6 Å². The van der Waals surface area contributed by atoms with Crippen LogP contribution in [0.25, 0.3) is 44.6 Å². The summed E-state index contributed by atoms with van der Waals surface area (Å²) in [5.41, 5.74) is 7.64. The van der Waals surface area contributed by atoms with Crippen molar-refractivity contribution in [3.63, 3.8) is 0 Å². The molecule has 258 valence electrons. The molecule has 0 unspecified atom stereocenters. The van der Waals surface area contributed by atoms with Gasteiger partial charge in [0.05, 0.1) is 12.2 Å². The molecule has 2 saturated heterocycles. The predicted molar refractivity (Wildman–Crippen MR) is 194 cm³/mol. The number of rotatable bonds is 9. The third-order valence-electron chi connectivity index (χ3n) is 10.1. The molecule has 0 saturated carbocycles. The molecule has 0 aliphatic carbocycles. The Balaban J connectivity index is 1.08. The molecule has 0 spiro atoms. The summed E-state index contributed by atoms with van der Waals surface area (Å²) >= 11 is 0. The molecule has 2 aliphatic rings. The lowest BCUT2D eigenvalue weighted by Gasteiger charge is -2.35. The highest BCUT2D eigenvalue weighted by Gasteiger charge is 2.25. The number of hydrogen-bond donors (Lipinski definition) is 3. The van der Waals surface area contributed by atoms with Gasteiger partial charge in [-0.25, -0.2) is 9.97 Å². The number of nitrogens with one attached hydrogen (secondary N) is 1. The second-order valence-electron chi connectivity index (χ2n) is 13.6. The highest BCUT2D eigenvalue weighted by atomic mass is 16.3. The van der Waals surface area contributed by atoms with Crippen molar-refractivity contribution < 1.29 is 14.6 Å². The molecule has 6 heterocycles. The molecule has 51 heavy (non-hydrogen) atoms. The van der Waals surface area contributed by atoms with Crippen molar-refractivity contribution >= 4 is 33.5 Å². The maximum atomic E-state index is 13.4. The lowest BCUT2D eigenvalue weighted by atomic mass is 9.93. The van der Waals surface area contributed by atoms with Gasteiger partial charge >= 0.3 is 0 Å². The van der Waals surface area contributed by atoms with Gasteiger partial charge in [0, 0.05) is 81.0 Å². The van der Waals surface area contributed by atoms with Crippen LogP contribution in [0.5, 0.6) is 0 Å². The first-order chi connectivity index (χ1) is 24.7. The number of nitrogens with zero attached hydrogens (tertiary/aromatic N) is 7. The topological polar surface area (TPSA) is 157 Å². The molecule has 3 N–H and O–H groups in total. The van der Waals surface area contributed by atoms with E-state index in [9.17, 15) is 20.3 Å². The van der Waals surface area contributed by atoms with Gasteiger partial charge in [-0.2, -0.15) is 5.26 Å². The zero-order valence-corrected chi connectivity index (χ0v) is 28.5. The van der Waals surface area contributed by atoms with Crippen LogP contribution in [0.15, 0.2) is 76.3 Å². The number of hydrogen-bond acceptors (Lipinski definition) is 11. The molecular weight excluding hydrogens is 644 g/mol. The summed E-state index contributed by atoms with van der Waals surface area (Å²) in [6.45, 7) is 8.50. The van der Waals surface area contributed by atoms with E-state index in [4.69, 9.17) is 9.40 Å². The summed E-state index contributed by atoms with van der Waals surface area (Å²) in [7, 11) is 0. The molecule has 12 nitrogen and oxygen atoms in total. The Morgan fingerprint density at radius 1 is 0.941 bits per heavy atom. The Hall–Kier alpha value is -5.45. The average Bonchev–Trinajstić information content (AvgIpc) is 3.75. The zero-order chi connectivity index (χ0) is 35.2. The summed E-state index contributed by atoms with van der Waals surface area (Å²) in [6, 6.07) is 18.3. The summed E-state index contributed by atoms with van der Waals surface area (Å²) < 4.78 is 7.65. The van der Waals surface area contributed by atoms with Crippen molar-refractivity contribution in [2.24, 2.45) is 0 Å². The molecule has 2 aliphatic heterocycles. The highest BCUT2D eigenvalue weighted by molar-refractivity contribution is 5.91. The lowest BCUT2D eigenvalue weighted by molar-refractivity contribution is 0.000420. The minimum absolute atomic E-state index is 0.123. The maximum Gasteiger partial charge on any atom is 0.280 e. The molecule has 0 bridgehead atoms. The molecule has 8 rings (SSSR count). The number of oxazole rings is 1. The number of benzene rings is 2. The van der Waals surface area contributed by atoms with Crippen LogP contribution in [0.1, 0.15) is 28.7 Å². The second kappa shape index (κ2) is 13.4. The Morgan fingerprint density at radius 2 is 1.71 bits per heavy atom. The third-order valence-corrected chi connectivity index (χ3v) is 10.1. The fourth-order valence-electron chi connectivity index (χ4n) is 7.24. The van der Waals surface area contributed by atoms with Crippen LogP contribution in [0.4, 0.5) is 11.5 Å². The minimum Gasteiger partial charge on any atom is -0.434 e. The molecular formula is C39H38N8O4. The Kier molecular flexibility index (Phi) is 8.57. The monoisotopic (exact) mass is 682 g/mol. The van der Waals surface area contributed by atoms with Crippen molar-refractivity contribution in [3.8, 4) is 28.7 Å². The number of aliphatic hydroxyl groups excluding tert-OH is 2. The number of β-amino-alcohol motifs (C(OH)–C–C–N with tert-alkyl or cyclic N) is 2. The van der Waals surface area contributed by atoms with Crippen molar-refractivity contribution in [1.82, 2.24) is 29.3 Å². The first-order valence-corrected chi connectivity index (χ1v) is 17.2. The van der Waals surface area contributed by atoms with Crippen molar-refractivity contribution in [2.45, 2.75) is 45.6 Å². The minimum atomic E-state index is -0.326. The van der Waals surface area contributed by atoms with Crippen LogP contribution in [-0.2, 0) is 13.1 Å². The van der Waals surface area contributed by atoms with E-state index in [-0.39, 0.29) is 40.3 Å². The number of pyridine rings is 3. The first kappa shape index (κ1) is 32.7. The normalized spacial score (nSPS) is 16.9. The molecule has 2 fully saturated rings. The number of nitriles is 1. The van der Waals surface area contributed by atoms with Crippen molar-refractivity contribution in [3.05, 3.63) is 99.7 Å². The number of aromatic nitrogens is 4. The van der Waals surface area contributed by atoms with E-state index in [2.05, 4.69) is 50.2 Å². The van der Waals surface area contributed by atoms with Crippen LogP contribution in [0, 0.1) is 25.2 Å². The fraction of sp³-hybridized carbons (Fsp3) is 0.308. The summed E-state index contributed by atoms with van der Waals surface area (Å²) in [6.07, 6.45) is 5.42. The van der Waals surface area contributed by atoms with Gasteiger partial charge in [0.25, 0.3) is 5.56 Å². The van der Waals surface area contributed by atoms with E-state index in [0.29, 0.717) is 38.5 Å². The summed E-state index contributed by atoms with van der Waals surface area (Å²) in [5, 5.41) is 34.0. The Labute approximate surface area is 294 Å². The van der Waals surface area contributed by atoms with Crippen molar-refractivity contribution in [1.29, 1.82) is 5.26 Å². The van der Waals surface area contributed by atoms with Crippen LogP contribution < -0.4 is 10.9 Å². The number of fused-ring (bicyclic) bond motifs is 2. The average molecular weight is 683 g/mol. The Bertz CT molecular complexity index is 2390. The lowest BCUT2D eigenvalue weighted by Crippen LogP contribution is -2.51. The second-order valence-corrected chi connectivity index (χ2v) is 13.6. The van der Waals surface area contributed by atoms with E-state index in [1.165, 1.54) is 10.8 Å². The molecule has 4 aromatic heterocycles. The first-order valence-electron chi connectivity index (χ1n) is 17.2. The van der Waals surface area contributed by atoms with Crippen LogP contribution in [0.3, 0.4) is 0 Å². The number of anilines is 2. The number of aliphatic hydroxyl groups is 2. The summed E-state index contributed by atoms with van der Waals surface area (Å²) in [4.78, 5) is 31.8. The van der Waals surface area contributed by atoms with Crippen LogP contribution >= 0.6 is 0 Å². The van der Waals surface area contributed by atoms with E-state index >= 15 is 0 Å². The van der Waals surface area contributed by atoms with Gasteiger partial charge < -0.3 is 24.5 Å². The van der Waals surface area contributed by atoms with Gasteiger partial charge in [0.2, 0.25) is 5.89 Å². The van der Waals surface area contributed by atoms with Crippen LogP contribution in [0.2, 0.25) is 0 Å². The quantitative estimate of drug-likeness (QED) is 0.194. The van der Waals surface area contributed by atoms with E-state index in [0.717, 1.165) is 69.5 Å². The van der Waals surface area contributed by atoms with E-state index < -0.39 is 0 Å². The zero-order valence-electron chi connectivity index (χ0n) is 28.5. The third kappa shape index (κ3) is 6.26. The molecule has 6 aromatic rings. The van der Waals surface area contributed by atoms with E-state index in [1.807, 2.05) is 49.5 Å². The van der Waals surface area contributed by atoms with E-state index in [1.54, 1.807) is 6.20 Å². The van der Waals surface area contributed by atoms with Gasteiger partial charge in [-0.15, -0.1) is 0 Å². The van der Waals surface area contributed by atoms with Gasteiger partial charge in [-0.05, 0) is 72.4 Å². The SMILES string of the molecule is Cc1c(Nc2nccc3cc(CN4CC[C@@H](O)C4)cnc23)cccc1-c1cccc(-c2nc3c(=O)n(CCN4CC(O)C4)cc(C#N)c3o2)c1C. The standard InChI is InChI=1S/C39H38N8O4/c1-23-30(5-3-7-32(23)38-44-35-36(51-38)27(16-40)19-47(39(35)50)14-13-46-21-29(49)22-46)31-6-4-8-33(24(31)2)43-37-34-26(9-11-41-37)15-25(17-42-34)18-45-12-10-28(48)20-45/h3-9,11,15,17,19,28-29,48-49H,10,12-14,18,20-22H2,1-2H3,(H,41,43)/t28-/m1/s1. The maximum absolute atomic E-state index is 13.4.